The van der Waals surface area contributed by atoms with Crippen LogP contribution in [0.25, 0.3) is 0 Å². The molecule has 6 nitrogen and oxygen atoms in total. The molecule has 1 fully saturated rings. The number of hydrogen-bond donors (Lipinski definition) is 2. The van der Waals surface area contributed by atoms with Gasteiger partial charge in [-0.2, -0.15) is 0 Å². The Kier molecular flexibility index (Phi) is 4.45. The third-order valence-corrected chi connectivity index (χ3v) is 5.83. The molecule has 0 spiro atoms. The van der Waals surface area contributed by atoms with Crippen LogP contribution in [0.15, 0.2) is 24.3 Å². The van der Waals surface area contributed by atoms with Crippen LogP contribution in [0, 0.1) is 20.8 Å². The minimum absolute atomic E-state index is 0.0849. The number of nitrogens with zero attached hydrogens (tertiary/aromatic N) is 2. The molecule has 2 N–H and O–H groups in total. The number of sulfone groups is 1. The summed E-state index contributed by atoms with van der Waals surface area (Å²) in [7, 11) is -2.92. The molecule has 3 rings (SSSR count). The van der Waals surface area contributed by atoms with Gasteiger partial charge >= 0.3 is 0 Å². The first-order chi connectivity index (χ1) is 11.3. The van der Waals surface area contributed by atoms with Crippen molar-refractivity contribution in [2.24, 2.45) is 0 Å². The van der Waals surface area contributed by atoms with Gasteiger partial charge in [0.15, 0.2) is 9.84 Å². The molecule has 1 aliphatic rings. The van der Waals surface area contributed by atoms with Gasteiger partial charge < -0.3 is 10.6 Å². The van der Waals surface area contributed by atoms with Gasteiger partial charge in [0.25, 0.3) is 0 Å². The Balaban J connectivity index is 1.79. The zero-order valence-electron chi connectivity index (χ0n) is 14.1. The summed E-state index contributed by atoms with van der Waals surface area (Å²) < 4.78 is 23.2. The molecule has 1 aromatic heterocycles. The lowest BCUT2D eigenvalue weighted by molar-refractivity contribution is 0.602. The van der Waals surface area contributed by atoms with E-state index in [0.29, 0.717) is 23.9 Å². The van der Waals surface area contributed by atoms with E-state index in [1.807, 2.05) is 32.0 Å². The maximum Gasteiger partial charge on any atom is 0.152 e. The molecular weight excluding hydrogens is 324 g/mol. The summed E-state index contributed by atoms with van der Waals surface area (Å²) >= 11 is 0. The van der Waals surface area contributed by atoms with E-state index in [4.69, 9.17) is 0 Å². The van der Waals surface area contributed by atoms with E-state index in [9.17, 15) is 8.42 Å². The van der Waals surface area contributed by atoms with Crippen molar-refractivity contribution >= 4 is 27.2 Å². The molecule has 2 aromatic rings. The van der Waals surface area contributed by atoms with Gasteiger partial charge in [-0.25, -0.2) is 18.4 Å². The van der Waals surface area contributed by atoms with Crippen LogP contribution in [-0.4, -0.2) is 35.9 Å². The fraction of sp³-hybridized carbons (Fsp3) is 0.412. The van der Waals surface area contributed by atoms with Crippen LogP contribution in [0.3, 0.4) is 0 Å². The summed E-state index contributed by atoms with van der Waals surface area (Å²) in [5.41, 5.74) is 3.34. The molecule has 1 aromatic carbocycles. The number of anilines is 3. The van der Waals surface area contributed by atoms with Crippen molar-refractivity contribution in [1.29, 1.82) is 0 Å². The van der Waals surface area contributed by atoms with Crippen molar-refractivity contribution in [1.82, 2.24) is 9.97 Å². The van der Waals surface area contributed by atoms with Gasteiger partial charge in [0, 0.05) is 17.8 Å². The molecule has 0 aliphatic carbocycles. The molecule has 1 atom stereocenters. The first kappa shape index (κ1) is 16.7. The maximum absolute atomic E-state index is 11.6. The minimum Gasteiger partial charge on any atom is -0.366 e. The highest BCUT2D eigenvalue weighted by Crippen LogP contribution is 2.23. The Morgan fingerprint density at radius 2 is 1.83 bits per heavy atom. The Morgan fingerprint density at radius 3 is 2.50 bits per heavy atom. The van der Waals surface area contributed by atoms with Crippen molar-refractivity contribution in [3.8, 4) is 0 Å². The summed E-state index contributed by atoms with van der Waals surface area (Å²) in [6, 6.07) is 7.92. The highest BCUT2D eigenvalue weighted by atomic mass is 32.2. The van der Waals surface area contributed by atoms with Crippen molar-refractivity contribution < 1.29 is 8.42 Å². The fourth-order valence-corrected chi connectivity index (χ4v) is 4.59. The van der Waals surface area contributed by atoms with Gasteiger partial charge in [-0.05, 0) is 38.8 Å². The van der Waals surface area contributed by atoms with E-state index in [-0.39, 0.29) is 17.5 Å². The Morgan fingerprint density at radius 1 is 1.08 bits per heavy atom. The number of aryl methyl sites for hydroxylation is 3. The molecule has 2 heterocycles. The quantitative estimate of drug-likeness (QED) is 0.885. The van der Waals surface area contributed by atoms with E-state index >= 15 is 0 Å². The second-order valence-corrected chi connectivity index (χ2v) is 8.60. The van der Waals surface area contributed by atoms with Crippen LogP contribution in [0.2, 0.25) is 0 Å². The summed E-state index contributed by atoms with van der Waals surface area (Å²) in [5.74, 6) is 2.38. The van der Waals surface area contributed by atoms with Crippen LogP contribution < -0.4 is 10.6 Å². The van der Waals surface area contributed by atoms with Gasteiger partial charge in [-0.3, -0.25) is 0 Å². The predicted molar refractivity (Wildman–Crippen MR) is 96.6 cm³/mol. The lowest BCUT2D eigenvalue weighted by atomic mass is 10.1. The summed E-state index contributed by atoms with van der Waals surface area (Å²) in [6.45, 7) is 5.93. The SMILES string of the molecule is Cc1ccc(Nc2cc(NC3CCS(=O)(=O)C3)nc(C)n2)c(C)c1. The molecule has 0 radical (unpaired) electrons. The van der Waals surface area contributed by atoms with Gasteiger partial charge in [0.2, 0.25) is 0 Å². The zero-order valence-corrected chi connectivity index (χ0v) is 14.9. The monoisotopic (exact) mass is 346 g/mol. The molecule has 0 amide bonds. The van der Waals surface area contributed by atoms with Crippen LogP contribution >= 0.6 is 0 Å². The highest BCUT2D eigenvalue weighted by molar-refractivity contribution is 7.91. The minimum atomic E-state index is -2.92. The Hall–Kier alpha value is -2.15. The van der Waals surface area contributed by atoms with Gasteiger partial charge in [-0.1, -0.05) is 17.7 Å². The van der Waals surface area contributed by atoms with Crippen LogP contribution in [0.5, 0.6) is 0 Å². The van der Waals surface area contributed by atoms with Gasteiger partial charge in [0.1, 0.15) is 17.5 Å². The highest BCUT2D eigenvalue weighted by Gasteiger charge is 2.28. The van der Waals surface area contributed by atoms with Crippen molar-refractivity contribution in [3.05, 3.63) is 41.2 Å². The van der Waals surface area contributed by atoms with E-state index in [1.54, 1.807) is 0 Å². The second kappa shape index (κ2) is 6.39. The van der Waals surface area contributed by atoms with E-state index in [2.05, 4.69) is 33.6 Å². The van der Waals surface area contributed by atoms with Gasteiger partial charge in [-0.15, -0.1) is 0 Å². The number of aromatic nitrogens is 2. The first-order valence-electron chi connectivity index (χ1n) is 7.98. The molecule has 128 valence electrons. The third-order valence-electron chi connectivity index (χ3n) is 4.07. The first-order valence-corrected chi connectivity index (χ1v) is 9.80. The number of rotatable bonds is 4. The number of benzene rings is 1. The molecule has 0 bridgehead atoms. The molecular formula is C17H22N4O2S. The van der Waals surface area contributed by atoms with Crippen molar-refractivity contribution in [2.45, 2.75) is 33.2 Å². The van der Waals surface area contributed by atoms with Crippen LogP contribution in [0.4, 0.5) is 17.3 Å². The average Bonchev–Trinajstić information content (AvgIpc) is 2.80. The average molecular weight is 346 g/mol. The number of nitrogens with one attached hydrogen (secondary N) is 2. The van der Waals surface area contributed by atoms with E-state index in [1.165, 1.54) is 5.56 Å². The molecule has 1 unspecified atom stereocenters. The van der Waals surface area contributed by atoms with E-state index < -0.39 is 9.84 Å². The zero-order chi connectivity index (χ0) is 17.3. The van der Waals surface area contributed by atoms with Gasteiger partial charge in [0.05, 0.1) is 11.5 Å². The lowest BCUT2D eigenvalue weighted by Gasteiger charge is -2.14. The van der Waals surface area contributed by atoms with Crippen molar-refractivity contribution in [3.63, 3.8) is 0 Å². The summed E-state index contributed by atoms with van der Waals surface area (Å²) in [4.78, 5) is 8.78. The smallest absolute Gasteiger partial charge is 0.152 e. The molecule has 1 saturated heterocycles. The summed E-state index contributed by atoms with van der Waals surface area (Å²) in [6.07, 6.45) is 0.616. The second-order valence-electron chi connectivity index (χ2n) is 6.37. The van der Waals surface area contributed by atoms with E-state index in [0.717, 1.165) is 11.3 Å². The van der Waals surface area contributed by atoms with Crippen LogP contribution in [0.1, 0.15) is 23.4 Å². The van der Waals surface area contributed by atoms with Crippen molar-refractivity contribution in [2.75, 3.05) is 22.1 Å². The predicted octanol–water partition coefficient (Wildman–Crippen LogP) is 2.74. The topological polar surface area (TPSA) is 84.0 Å². The molecule has 0 saturated carbocycles. The normalized spacial score (nSPS) is 19.2. The summed E-state index contributed by atoms with van der Waals surface area (Å²) in [5, 5.41) is 6.53. The molecule has 1 aliphatic heterocycles. The number of hydrogen-bond acceptors (Lipinski definition) is 6. The maximum atomic E-state index is 11.6. The largest absolute Gasteiger partial charge is 0.366 e. The fourth-order valence-electron chi connectivity index (χ4n) is 2.92. The van der Waals surface area contributed by atoms with Crippen LogP contribution in [-0.2, 0) is 9.84 Å². The molecule has 24 heavy (non-hydrogen) atoms. The Labute approximate surface area is 142 Å². The Bertz CT molecular complexity index is 865. The standard InChI is InChI=1S/C17H22N4O2S/c1-11-4-5-15(12(2)8-11)21-17-9-16(18-13(3)19-17)20-14-6-7-24(22,23)10-14/h4-5,8-9,14H,6-7,10H2,1-3H3,(H2,18,19,20,21). The lowest BCUT2D eigenvalue weighted by Crippen LogP contribution is -2.21. The molecule has 7 heteroatoms. The third kappa shape index (κ3) is 4.03.